The third-order valence-electron chi connectivity index (χ3n) is 4.55. The van der Waals surface area contributed by atoms with Gasteiger partial charge in [-0.3, -0.25) is 4.98 Å². The average Bonchev–Trinajstić information content (AvgIpc) is 3.13. The summed E-state index contributed by atoms with van der Waals surface area (Å²) in [5.41, 5.74) is 8.64. The van der Waals surface area contributed by atoms with Gasteiger partial charge in [-0.1, -0.05) is 12.1 Å². The first-order valence-corrected chi connectivity index (χ1v) is 9.45. The van der Waals surface area contributed by atoms with Crippen molar-refractivity contribution >= 4 is 23.0 Å². The molecule has 0 radical (unpaired) electrons. The molecule has 3 heterocycles. The molecule has 4 aromatic rings. The number of rotatable bonds is 6. The number of methoxy groups -OCH3 is 1. The fraction of sp³-hybridized carbons (Fsp3) is 0.190. The molecule has 31 heavy (non-hydrogen) atoms. The summed E-state index contributed by atoms with van der Waals surface area (Å²) in [6.45, 7) is 2.51. The van der Waals surface area contributed by atoms with Gasteiger partial charge in [0.1, 0.15) is 11.6 Å². The lowest BCUT2D eigenvalue weighted by Gasteiger charge is -2.10. The summed E-state index contributed by atoms with van der Waals surface area (Å²) < 4.78 is 25.8. The number of nitrogen functional groups attached to an aromatic ring is 1. The second-order valence-electron chi connectivity index (χ2n) is 6.60. The second-order valence-corrected chi connectivity index (χ2v) is 6.60. The predicted molar refractivity (Wildman–Crippen MR) is 111 cm³/mol. The van der Waals surface area contributed by atoms with Crippen LogP contribution in [0.1, 0.15) is 22.8 Å². The monoisotopic (exact) mass is 422 g/mol. The molecule has 0 fully saturated rings. The maximum atomic E-state index is 13.8. The Morgan fingerprint density at radius 3 is 2.61 bits per heavy atom. The lowest BCUT2D eigenvalue weighted by Crippen LogP contribution is -2.07. The van der Waals surface area contributed by atoms with E-state index in [9.17, 15) is 9.18 Å². The highest BCUT2D eigenvalue weighted by molar-refractivity contribution is 5.89. The first kappa shape index (κ1) is 20.2. The zero-order chi connectivity index (χ0) is 22.0. The summed E-state index contributed by atoms with van der Waals surface area (Å²) in [5, 5.41) is 0. The van der Waals surface area contributed by atoms with Crippen LogP contribution in [0.15, 0.2) is 42.7 Å². The number of anilines is 1. The molecule has 4 rings (SSSR count). The van der Waals surface area contributed by atoms with Crippen molar-refractivity contribution in [1.29, 1.82) is 0 Å². The van der Waals surface area contributed by atoms with Crippen LogP contribution in [0, 0.1) is 5.82 Å². The first-order chi connectivity index (χ1) is 15.0. The Bertz CT molecular complexity index is 1260. The summed E-state index contributed by atoms with van der Waals surface area (Å²) >= 11 is 0. The standard InChI is InChI=1S/C21H19FN6O3/c1-3-31-21-26-17(23)16-19(27-21)28(18(25-16)14-8-15(22)10-24-9-14)11-12-4-6-13(7-5-12)20(29)30-2/h4-10H,3,11H2,1-2H3,(H2,23,26,27). The van der Waals surface area contributed by atoms with Gasteiger partial charge in [0.05, 0.1) is 32.0 Å². The van der Waals surface area contributed by atoms with Crippen LogP contribution in [-0.2, 0) is 11.3 Å². The van der Waals surface area contributed by atoms with Crippen LogP contribution < -0.4 is 10.5 Å². The number of pyridine rings is 1. The van der Waals surface area contributed by atoms with Gasteiger partial charge in [0.2, 0.25) is 0 Å². The lowest BCUT2D eigenvalue weighted by molar-refractivity contribution is 0.0600. The van der Waals surface area contributed by atoms with E-state index in [1.165, 1.54) is 19.4 Å². The number of carbonyl (C=O) groups excluding carboxylic acids is 1. The summed E-state index contributed by atoms with van der Waals surface area (Å²) in [7, 11) is 1.33. The molecule has 0 spiro atoms. The highest BCUT2D eigenvalue weighted by atomic mass is 19.1. The zero-order valence-corrected chi connectivity index (χ0v) is 16.9. The van der Waals surface area contributed by atoms with Gasteiger partial charge in [-0.25, -0.2) is 14.2 Å². The van der Waals surface area contributed by atoms with Crippen molar-refractivity contribution < 1.29 is 18.7 Å². The molecule has 0 aliphatic carbocycles. The number of ether oxygens (including phenoxy) is 2. The van der Waals surface area contributed by atoms with Gasteiger partial charge in [0, 0.05) is 11.8 Å². The number of carbonyl (C=O) groups is 1. The van der Waals surface area contributed by atoms with Crippen molar-refractivity contribution in [3.05, 3.63) is 59.7 Å². The molecule has 0 amide bonds. The summed E-state index contributed by atoms with van der Waals surface area (Å²) in [6, 6.07) is 8.37. The normalized spacial score (nSPS) is 10.9. The minimum Gasteiger partial charge on any atom is -0.465 e. The van der Waals surface area contributed by atoms with Gasteiger partial charge in [-0.05, 0) is 30.7 Å². The van der Waals surface area contributed by atoms with E-state index < -0.39 is 11.8 Å². The number of nitrogens with two attached hydrogens (primary N) is 1. The Hall–Kier alpha value is -4.08. The molecule has 10 heteroatoms. The molecule has 0 saturated heterocycles. The molecule has 2 N–H and O–H groups in total. The number of imidazole rings is 1. The average molecular weight is 422 g/mol. The van der Waals surface area contributed by atoms with Crippen molar-refractivity contribution in [3.8, 4) is 17.4 Å². The van der Waals surface area contributed by atoms with E-state index >= 15 is 0 Å². The zero-order valence-electron chi connectivity index (χ0n) is 16.9. The van der Waals surface area contributed by atoms with Gasteiger partial charge in [-0.15, -0.1) is 0 Å². The Labute approximate surface area is 176 Å². The summed E-state index contributed by atoms with van der Waals surface area (Å²) in [6.07, 6.45) is 2.62. The van der Waals surface area contributed by atoms with E-state index in [4.69, 9.17) is 15.2 Å². The van der Waals surface area contributed by atoms with Crippen molar-refractivity contribution in [2.45, 2.75) is 13.5 Å². The first-order valence-electron chi connectivity index (χ1n) is 9.45. The highest BCUT2D eigenvalue weighted by Gasteiger charge is 2.19. The number of halogens is 1. The number of aromatic nitrogens is 5. The number of benzene rings is 1. The van der Waals surface area contributed by atoms with E-state index in [-0.39, 0.29) is 11.8 Å². The van der Waals surface area contributed by atoms with E-state index in [1.807, 2.05) is 6.92 Å². The molecule has 0 unspecified atom stereocenters. The molecule has 9 nitrogen and oxygen atoms in total. The molecule has 0 aliphatic heterocycles. The molecule has 1 aromatic carbocycles. The minimum atomic E-state index is -0.493. The topological polar surface area (TPSA) is 118 Å². The van der Waals surface area contributed by atoms with Crippen molar-refractivity contribution in [1.82, 2.24) is 24.5 Å². The SMILES string of the molecule is CCOc1nc(N)c2nc(-c3cncc(F)c3)n(Cc3ccc(C(=O)OC)cc3)c2n1. The Kier molecular flexibility index (Phi) is 5.44. The maximum Gasteiger partial charge on any atom is 0.337 e. The van der Waals surface area contributed by atoms with Gasteiger partial charge in [-0.2, -0.15) is 9.97 Å². The van der Waals surface area contributed by atoms with E-state index in [0.717, 1.165) is 11.8 Å². The fourth-order valence-corrected chi connectivity index (χ4v) is 3.15. The second kappa shape index (κ2) is 8.34. The Morgan fingerprint density at radius 2 is 1.94 bits per heavy atom. The molecule has 0 aliphatic rings. The molecule has 158 valence electrons. The number of fused-ring (bicyclic) bond motifs is 1. The summed E-state index contributed by atoms with van der Waals surface area (Å²) in [5.74, 6) is -0.340. The molecule has 0 bridgehead atoms. The van der Waals surface area contributed by atoms with Gasteiger partial charge in [0.25, 0.3) is 0 Å². The third-order valence-corrected chi connectivity index (χ3v) is 4.55. The van der Waals surface area contributed by atoms with Gasteiger partial charge in [0.15, 0.2) is 17.0 Å². The summed E-state index contributed by atoms with van der Waals surface area (Å²) in [4.78, 5) is 28.8. The fourth-order valence-electron chi connectivity index (χ4n) is 3.15. The van der Waals surface area contributed by atoms with Crippen LogP contribution in [0.5, 0.6) is 6.01 Å². The van der Waals surface area contributed by atoms with Crippen LogP contribution in [0.3, 0.4) is 0 Å². The minimum absolute atomic E-state index is 0.124. The number of nitrogens with zero attached hydrogens (tertiary/aromatic N) is 5. The van der Waals surface area contributed by atoms with Gasteiger partial charge < -0.3 is 19.8 Å². The number of esters is 1. The van der Waals surface area contributed by atoms with E-state index in [1.54, 1.807) is 28.8 Å². The van der Waals surface area contributed by atoms with E-state index in [2.05, 4.69) is 19.9 Å². The Balaban J connectivity index is 1.86. The van der Waals surface area contributed by atoms with Crippen molar-refractivity contribution in [2.75, 3.05) is 19.5 Å². The largest absolute Gasteiger partial charge is 0.465 e. The van der Waals surface area contributed by atoms with Crippen LogP contribution in [0.4, 0.5) is 10.2 Å². The van der Waals surface area contributed by atoms with Crippen molar-refractivity contribution in [2.24, 2.45) is 0 Å². The van der Waals surface area contributed by atoms with Crippen molar-refractivity contribution in [3.63, 3.8) is 0 Å². The smallest absolute Gasteiger partial charge is 0.337 e. The molecule has 0 atom stereocenters. The third kappa shape index (κ3) is 4.00. The molecule has 3 aromatic heterocycles. The molecular formula is C21H19FN6O3. The highest BCUT2D eigenvalue weighted by Crippen LogP contribution is 2.28. The predicted octanol–water partition coefficient (Wildman–Crippen LogP) is 2.84. The van der Waals surface area contributed by atoms with Crippen LogP contribution >= 0.6 is 0 Å². The molecule has 0 saturated carbocycles. The number of hydrogen-bond acceptors (Lipinski definition) is 8. The molecular weight excluding hydrogens is 403 g/mol. The van der Waals surface area contributed by atoms with Crippen LogP contribution in [0.2, 0.25) is 0 Å². The Morgan fingerprint density at radius 1 is 1.16 bits per heavy atom. The quantitative estimate of drug-likeness (QED) is 0.471. The van der Waals surface area contributed by atoms with Crippen LogP contribution in [0.25, 0.3) is 22.6 Å². The lowest BCUT2D eigenvalue weighted by atomic mass is 10.1. The van der Waals surface area contributed by atoms with Crippen LogP contribution in [-0.4, -0.2) is 44.2 Å². The van der Waals surface area contributed by atoms with E-state index in [0.29, 0.717) is 41.3 Å². The number of hydrogen-bond donors (Lipinski definition) is 1. The maximum absolute atomic E-state index is 13.8. The van der Waals surface area contributed by atoms with Gasteiger partial charge >= 0.3 is 12.0 Å².